The number of likely N-dealkylation sites (N-methyl/N-ethyl adjacent to an activating group) is 1. The summed E-state index contributed by atoms with van der Waals surface area (Å²) in [6, 6.07) is 13.7. The van der Waals surface area contributed by atoms with E-state index in [9.17, 15) is 14.4 Å². The van der Waals surface area contributed by atoms with Gasteiger partial charge in [-0.25, -0.2) is 9.59 Å². The first kappa shape index (κ1) is 19.5. The summed E-state index contributed by atoms with van der Waals surface area (Å²) in [7, 11) is 1.59. The molecule has 0 fully saturated rings. The first-order valence-electron chi connectivity index (χ1n) is 9.34. The minimum absolute atomic E-state index is 0.254. The Labute approximate surface area is 171 Å². The summed E-state index contributed by atoms with van der Waals surface area (Å²) in [5.41, 5.74) is 0.151. The standard InChI is InChI=1S/C22H19NO7/c1-23(12-14-6-7-18-19(10-14)28-9-8-27-18)20(24)13-29-21(25)16-11-15-4-2-3-5-17(15)30-22(16)26/h2-7,10-11H,8-9,12-13H2,1H3. The van der Waals surface area contributed by atoms with Crippen molar-refractivity contribution in [1.29, 1.82) is 0 Å². The van der Waals surface area contributed by atoms with Crippen LogP contribution in [0.1, 0.15) is 15.9 Å². The first-order chi connectivity index (χ1) is 14.5. The average Bonchev–Trinajstić information content (AvgIpc) is 2.76. The molecular weight excluding hydrogens is 390 g/mol. The van der Waals surface area contributed by atoms with Gasteiger partial charge in [0, 0.05) is 19.0 Å². The van der Waals surface area contributed by atoms with Crippen molar-refractivity contribution in [2.24, 2.45) is 0 Å². The number of nitrogens with zero attached hydrogens (tertiary/aromatic N) is 1. The van der Waals surface area contributed by atoms with Crippen LogP contribution in [0, 0.1) is 0 Å². The van der Waals surface area contributed by atoms with Crippen molar-refractivity contribution < 1.29 is 28.2 Å². The van der Waals surface area contributed by atoms with Crippen LogP contribution < -0.4 is 15.1 Å². The fourth-order valence-electron chi connectivity index (χ4n) is 3.07. The topological polar surface area (TPSA) is 95.3 Å². The van der Waals surface area contributed by atoms with Crippen LogP contribution >= 0.6 is 0 Å². The van der Waals surface area contributed by atoms with Crippen molar-refractivity contribution in [3.63, 3.8) is 0 Å². The summed E-state index contributed by atoms with van der Waals surface area (Å²) in [6.07, 6.45) is 0. The van der Waals surface area contributed by atoms with Crippen molar-refractivity contribution in [3.05, 3.63) is 70.1 Å². The molecule has 2 aromatic carbocycles. The van der Waals surface area contributed by atoms with Gasteiger partial charge in [0.2, 0.25) is 0 Å². The third kappa shape index (κ3) is 4.12. The lowest BCUT2D eigenvalue weighted by Crippen LogP contribution is -2.31. The normalized spacial score (nSPS) is 12.4. The van der Waals surface area contributed by atoms with Crippen LogP contribution in [0.25, 0.3) is 11.0 Å². The number of hydrogen-bond acceptors (Lipinski definition) is 7. The maximum atomic E-state index is 12.4. The van der Waals surface area contributed by atoms with Gasteiger partial charge < -0.3 is 23.5 Å². The Hall–Kier alpha value is -3.81. The van der Waals surface area contributed by atoms with E-state index in [-0.39, 0.29) is 5.56 Å². The predicted molar refractivity (Wildman–Crippen MR) is 107 cm³/mol. The fraction of sp³-hybridized carbons (Fsp3) is 0.227. The smallest absolute Gasteiger partial charge is 0.351 e. The van der Waals surface area contributed by atoms with Crippen molar-refractivity contribution >= 4 is 22.8 Å². The third-order valence-corrected chi connectivity index (χ3v) is 4.64. The second-order valence-corrected chi connectivity index (χ2v) is 6.79. The Balaban J connectivity index is 1.37. The van der Waals surface area contributed by atoms with E-state index in [1.54, 1.807) is 37.4 Å². The minimum atomic E-state index is -0.907. The zero-order chi connectivity index (χ0) is 21.1. The van der Waals surface area contributed by atoms with E-state index >= 15 is 0 Å². The van der Waals surface area contributed by atoms with E-state index in [1.807, 2.05) is 12.1 Å². The molecule has 2 heterocycles. The van der Waals surface area contributed by atoms with E-state index in [4.69, 9.17) is 18.6 Å². The van der Waals surface area contributed by atoms with E-state index in [2.05, 4.69) is 0 Å². The monoisotopic (exact) mass is 409 g/mol. The van der Waals surface area contributed by atoms with Crippen LogP contribution in [0.3, 0.4) is 0 Å². The van der Waals surface area contributed by atoms with Crippen LogP contribution in [-0.2, 0) is 16.1 Å². The van der Waals surface area contributed by atoms with Crippen LogP contribution in [0.4, 0.5) is 0 Å². The Morgan fingerprint density at radius 3 is 2.63 bits per heavy atom. The van der Waals surface area contributed by atoms with Gasteiger partial charge in [-0.2, -0.15) is 0 Å². The lowest BCUT2D eigenvalue weighted by Gasteiger charge is -2.21. The lowest BCUT2D eigenvalue weighted by atomic mass is 10.2. The predicted octanol–water partition coefficient (Wildman–Crippen LogP) is 2.38. The molecule has 1 aliphatic heterocycles. The zero-order valence-corrected chi connectivity index (χ0v) is 16.3. The number of hydrogen-bond donors (Lipinski definition) is 0. The highest BCUT2D eigenvalue weighted by Gasteiger charge is 2.19. The molecule has 3 aromatic rings. The molecule has 0 saturated heterocycles. The van der Waals surface area contributed by atoms with Crippen LogP contribution in [0.15, 0.2) is 57.7 Å². The summed E-state index contributed by atoms with van der Waals surface area (Å²) in [5, 5.41) is 0.589. The Bertz CT molecular complexity index is 1170. The van der Waals surface area contributed by atoms with E-state index in [0.717, 1.165) is 5.56 Å². The molecule has 0 spiro atoms. The van der Waals surface area contributed by atoms with Crippen molar-refractivity contribution in [3.8, 4) is 11.5 Å². The lowest BCUT2D eigenvalue weighted by molar-refractivity contribution is -0.133. The number of carbonyl (C=O) groups excluding carboxylic acids is 2. The SMILES string of the molecule is CN(Cc1ccc2c(c1)OCCO2)C(=O)COC(=O)c1cc2ccccc2oc1=O. The largest absolute Gasteiger partial charge is 0.486 e. The van der Waals surface area contributed by atoms with Crippen LogP contribution in [-0.4, -0.2) is 43.6 Å². The Kier molecular flexibility index (Phi) is 5.38. The van der Waals surface area contributed by atoms with Gasteiger partial charge >= 0.3 is 11.6 Å². The highest BCUT2D eigenvalue weighted by atomic mass is 16.6. The molecule has 1 amide bonds. The molecule has 0 bridgehead atoms. The van der Waals surface area contributed by atoms with Gasteiger partial charge in [0.1, 0.15) is 24.4 Å². The van der Waals surface area contributed by atoms with Gasteiger partial charge in [-0.1, -0.05) is 24.3 Å². The summed E-state index contributed by atoms with van der Waals surface area (Å²) in [4.78, 5) is 38.1. The van der Waals surface area contributed by atoms with Crippen LogP contribution in [0.5, 0.6) is 11.5 Å². The second kappa shape index (κ2) is 8.28. The molecule has 1 aliphatic rings. The number of ether oxygens (including phenoxy) is 3. The quantitative estimate of drug-likeness (QED) is 0.472. The van der Waals surface area contributed by atoms with E-state index < -0.39 is 24.1 Å². The average molecular weight is 409 g/mol. The Morgan fingerprint density at radius 2 is 1.80 bits per heavy atom. The molecule has 1 aromatic heterocycles. The van der Waals surface area contributed by atoms with Crippen molar-refractivity contribution in [2.75, 3.05) is 26.9 Å². The van der Waals surface area contributed by atoms with Gasteiger partial charge in [-0.3, -0.25) is 4.79 Å². The highest BCUT2D eigenvalue weighted by Crippen LogP contribution is 2.31. The molecule has 0 N–H and O–H groups in total. The first-order valence-corrected chi connectivity index (χ1v) is 9.34. The molecule has 8 heteroatoms. The number of benzene rings is 2. The van der Waals surface area contributed by atoms with Crippen molar-refractivity contribution in [1.82, 2.24) is 4.90 Å². The molecule has 0 atom stereocenters. The third-order valence-electron chi connectivity index (χ3n) is 4.64. The summed E-state index contributed by atoms with van der Waals surface area (Å²) >= 11 is 0. The molecular formula is C22H19NO7. The van der Waals surface area contributed by atoms with Gasteiger partial charge in [0.15, 0.2) is 18.1 Å². The Morgan fingerprint density at radius 1 is 1.03 bits per heavy atom. The maximum absolute atomic E-state index is 12.4. The molecule has 0 unspecified atom stereocenters. The minimum Gasteiger partial charge on any atom is -0.486 e. The molecule has 154 valence electrons. The fourth-order valence-corrected chi connectivity index (χ4v) is 3.07. The number of fused-ring (bicyclic) bond motifs is 2. The van der Waals surface area contributed by atoms with Crippen LogP contribution in [0.2, 0.25) is 0 Å². The number of amides is 1. The molecule has 0 radical (unpaired) electrons. The number of esters is 1. The van der Waals surface area contributed by atoms with Crippen molar-refractivity contribution in [2.45, 2.75) is 6.54 Å². The van der Waals surface area contributed by atoms with E-state index in [0.29, 0.717) is 42.2 Å². The van der Waals surface area contributed by atoms with Gasteiger partial charge in [-0.05, 0) is 29.8 Å². The molecule has 0 aliphatic carbocycles. The number of rotatable bonds is 5. The second-order valence-electron chi connectivity index (χ2n) is 6.79. The zero-order valence-electron chi connectivity index (χ0n) is 16.3. The maximum Gasteiger partial charge on any atom is 0.351 e. The molecule has 4 rings (SSSR count). The van der Waals surface area contributed by atoms with E-state index in [1.165, 1.54) is 11.0 Å². The van der Waals surface area contributed by atoms with Gasteiger partial charge in [0.25, 0.3) is 5.91 Å². The number of para-hydroxylation sites is 1. The summed E-state index contributed by atoms with van der Waals surface area (Å²) in [5.74, 6) is -0.0184. The van der Waals surface area contributed by atoms with Gasteiger partial charge in [0.05, 0.1) is 0 Å². The van der Waals surface area contributed by atoms with Gasteiger partial charge in [-0.15, -0.1) is 0 Å². The summed E-state index contributed by atoms with van der Waals surface area (Å²) in [6.45, 7) is 0.785. The number of carbonyl (C=O) groups is 2. The highest BCUT2D eigenvalue weighted by molar-refractivity contribution is 5.94. The summed E-state index contributed by atoms with van der Waals surface area (Å²) < 4.78 is 21.2. The molecule has 0 saturated carbocycles. The molecule has 30 heavy (non-hydrogen) atoms. The molecule has 8 nitrogen and oxygen atoms in total.